The molecule has 37 heavy (non-hydrogen) atoms. The number of carbonyl (C=O) groups is 3. The number of rotatable bonds is 7. The number of aryl methyl sites for hydroxylation is 1. The van der Waals surface area contributed by atoms with Crippen molar-refractivity contribution in [3.05, 3.63) is 94.0 Å². The van der Waals surface area contributed by atoms with Crippen LogP contribution in [0.25, 0.3) is 5.76 Å². The van der Waals surface area contributed by atoms with Crippen LogP contribution in [0.2, 0.25) is 5.02 Å². The molecule has 0 saturated carbocycles. The van der Waals surface area contributed by atoms with Crippen molar-refractivity contribution in [2.75, 3.05) is 11.5 Å². The molecule has 1 unspecified atom stereocenters. The molecular formula is C29H26ClNO6. The number of hydrogen-bond acceptors (Lipinski definition) is 6. The lowest BCUT2D eigenvalue weighted by Crippen LogP contribution is -2.29. The van der Waals surface area contributed by atoms with E-state index in [2.05, 4.69) is 0 Å². The standard InChI is InChI=1S/C29H26ClNO6/c1-4-18-6-10-20(11-7-18)31-26(19-8-12-21(13-9-19)37-17(3)32)25(28(34)29(31)35)27(33)23-16-22(36-5-2)14-15-24(23)30/h6-16,26,33H,4-5H2,1-3H3/b27-25+. The fourth-order valence-corrected chi connectivity index (χ4v) is 4.49. The predicted octanol–water partition coefficient (Wildman–Crippen LogP) is 5.85. The van der Waals surface area contributed by atoms with Crippen LogP contribution in [-0.2, 0) is 20.8 Å². The molecule has 190 valence electrons. The molecule has 0 radical (unpaired) electrons. The minimum Gasteiger partial charge on any atom is -0.507 e. The van der Waals surface area contributed by atoms with Gasteiger partial charge in [0.25, 0.3) is 11.7 Å². The van der Waals surface area contributed by atoms with E-state index in [1.165, 1.54) is 17.9 Å². The summed E-state index contributed by atoms with van der Waals surface area (Å²) in [6.07, 6.45) is 0.814. The molecule has 1 heterocycles. The molecule has 4 rings (SSSR count). The van der Waals surface area contributed by atoms with Gasteiger partial charge in [0.1, 0.15) is 17.3 Å². The molecule has 1 fully saturated rings. The third-order valence-electron chi connectivity index (χ3n) is 6.03. The van der Waals surface area contributed by atoms with Crippen molar-refractivity contribution in [1.82, 2.24) is 0 Å². The molecular weight excluding hydrogens is 494 g/mol. The Morgan fingerprint density at radius 1 is 0.973 bits per heavy atom. The topological polar surface area (TPSA) is 93.1 Å². The van der Waals surface area contributed by atoms with Gasteiger partial charge in [-0.05, 0) is 66.9 Å². The quantitative estimate of drug-likeness (QED) is 0.138. The van der Waals surface area contributed by atoms with Crippen molar-refractivity contribution in [3.8, 4) is 11.5 Å². The molecule has 0 aromatic heterocycles. The molecule has 1 N–H and O–H groups in total. The van der Waals surface area contributed by atoms with Crippen LogP contribution in [0, 0.1) is 0 Å². The highest BCUT2D eigenvalue weighted by Gasteiger charge is 2.47. The first-order valence-corrected chi connectivity index (χ1v) is 12.2. The number of ether oxygens (including phenoxy) is 2. The van der Waals surface area contributed by atoms with Gasteiger partial charge in [0, 0.05) is 18.2 Å². The summed E-state index contributed by atoms with van der Waals surface area (Å²) in [6.45, 7) is 5.53. The van der Waals surface area contributed by atoms with E-state index in [0.29, 0.717) is 29.4 Å². The van der Waals surface area contributed by atoms with Gasteiger partial charge in [-0.3, -0.25) is 19.3 Å². The van der Waals surface area contributed by atoms with Gasteiger partial charge in [0.15, 0.2) is 0 Å². The van der Waals surface area contributed by atoms with E-state index in [9.17, 15) is 19.5 Å². The molecule has 7 nitrogen and oxygen atoms in total. The van der Waals surface area contributed by atoms with Crippen LogP contribution in [0.4, 0.5) is 5.69 Å². The number of aliphatic hydroxyl groups excluding tert-OH is 1. The Morgan fingerprint density at radius 3 is 2.22 bits per heavy atom. The van der Waals surface area contributed by atoms with Crippen molar-refractivity contribution < 1.29 is 29.0 Å². The molecule has 1 atom stereocenters. The Bertz CT molecular complexity index is 1380. The lowest BCUT2D eigenvalue weighted by atomic mass is 9.95. The fraction of sp³-hybridized carbons (Fsp3) is 0.207. The normalized spacial score (nSPS) is 16.6. The van der Waals surface area contributed by atoms with Gasteiger partial charge in [0.2, 0.25) is 0 Å². The zero-order valence-electron chi connectivity index (χ0n) is 20.7. The number of amides is 1. The van der Waals surface area contributed by atoms with Crippen LogP contribution in [0.15, 0.2) is 72.3 Å². The zero-order chi connectivity index (χ0) is 26.7. The fourth-order valence-electron chi connectivity index (χ4n) is 4.28. The number of nitrogens with zero attached hydrogens (tertiary/aromatic N) is 1. The summed E-state index contributed by atoms with van der Waals surface area (Å²) in [5, 5.41) is 11.6. The zero-order valence-corrected chi connectivity index (χ0v) is 21.4. The molecule has 1 aliphatic heterocycles. The van der Waals surface area contributed by atoms with Gasteiger partial charge in [-0.25, -0.2) is 0 Å². The number of Topliss-reactive ketones (excluding diaryl/α,β-unsaturated/α-hetero) is 1. The molecule has 0 bridgehead atoms. The number of anilines is 1. The number of esters is 1. The summed E-state index contributed by atoms with van der Waals surface area (Å²) < 4.78 is 10.7. The lowest BCUT2D eigenvalue weighted by Gasteiger charge is -2.26. The van der Waals surface area contributed by atoms with Crippen molar-refractivity contribution in [3.63, 3.8) is 0 Å². The first kappa shape index (κ1) is 26.0. The van der Waals surface area contributed by atoms with Crippen LogP contribution >= 0.6 is 11.6 Å². The second kappa shape index (κ2) is 10.9. The van der Waals surface area contributed by atoms with Gasteiger partial charge in [-0.15, -0.1) is 0 Å². The smallest absolute Gasteiger partial charge is 0.308 e. The van der Waals surface area contributed by atoms with Gasteiger partial charge in [-0.1, -0.05) is 42.8 Å². The van der Waals surface area contributed by atoms with Crippen LogP contribution in [0.3, 0.4) is 0 Å². The maximum Gasteiger partial charge on any atom is 0.308 e. The van der Waals surface area contributed by atoms with Gasteiger partial charge in [0.05, 0.1) is 23.2 Å². The molecule has 3 aromatic rings. The van der Waals surface area contributed by atoms with Gasteiger partial charge < -0.3 is 14.6 Å². The van der Waals surface area contributed by atoms with E-state index in [1.807, 2.05) is 26.0 Å². The van der Waals surface area contributed by atoms with E-state index in [0.717, 1.165) is 12.0 Å². The van der Waals surface area contributed by atoms with Crippen LogP contribution in [0.1, 0.15) is 43.5 Å². The monoisotopic (exact) mass is 519 g/mol. The number of halogens is 1. The molecule has 1 aliphatic rings. The summed E-state index contributed by atoms with van der Waals surface area (Å²) in [6, 6.07) is 17.5. The maximum absolute atomic E-state index is 13.4. The Morgan fingerprint density at radius 2 is 1.62 bits per heavy atom. The minimum absolute atomic E-state index is 0.111. The second-order valence-electron chi connectivity index (χ2n) is 8.43. The number of hydrogen-bond donors (Lipinski definition) is 1. The van der Waals surface area contributed by atoms with Crippen LogP contribution in [0.5, 0.6) is 11.5 Å². The van der Waals surface area contributed by atoms with Crippen LogP contribution in [-0.4, -0.2) is 29.4 Å². The molecule has 1 amide bonds. The van der Waals surface area contributed by atoms with Crippen molar-refractivity contribution >= 4 is 40.7 Å². The van der Waals surface area contributed by atoms with E-state index in [-0.39, 0.29) is 16.2 Å². The van der Waals surface area contributed by atoms with Crippen molar-refractivity contribution in [2.24, 2.45) is 0 Å². The largest absolute Gasteiger partial charge is 0.507 e. The molecule has 8 heteroatoms. The number of benzene rings is 3. The van der Waals surface area contributed by atoms with Gasteiger partial charge in [-0.2, -0.15) is 0 Å². The molecule has 1 saturated heterocycles. The third kappa shape index (κ3) is 5.22. The first-order valence-electron chi connectivity index (χ1n) is 11.9. The Hall–Kier alpha value is -4.10. The average Bonchev–Trinajstić information content (AvgIpc) is 3.15. The summed E-state index contributed by atoms with van der Waals surface area (Å²) in [5.74, 6) is -1.74. The average molecular weight is 520 g/mol. The highest BCUT2D eigenvalue weighted by atomic mass is 35.5. The van der Waals surface area contributed by atoms with Crippen molar-refractivity contribution in [1.29, 1.82) is 0 Å². The van der Waals surface area contributed by atoms with E-state index < -0.39 is 29.5 Å². The number of carbonyl (C=O) groups excluding carboxylic acids is 3. The van der Waals surface area contributed by atoms with E-state index in [1.54, 1.807) is 48.5 Å². The van der Waals surface area contributed by atoms with Crippen LogP contribution < -0.4 is 14.4 Å². The number of aliphatic hydroxyl groups is 1. The van der Waals surface area contributed by atoms with E-state index >= 15 is 0 Å². The molecule has 0 spiro atoms. The van der Waals surface area contributed by atoms with E-state index in [4.69, 9.17) is 21.1 Å². The second-order valence-corrected chi connectivity index (χ2v) is 8.83. The maximum atomic E-state index is 13.4. The third-order valence-corrected chi connectivity index (χ3v) is 6.36. The van der Waals surface area contributed by atoms with Gasteiger partial charge >= 0.3 is 5.97 Å². The minimum atomic E-state index is -0.953. The Balaban J connectivity index is 1.90. The summed E-state index contributed by atoms with van der Waals surface area (Å²) in [7, 11) is 0. The molecule has 0 aliphatic carbocycles. The predicted molar refractivity (Wildman–Crippen MR) is 141 cm³/mol. The summed E-state index contributed by atoms with van der Waals surface area (Å²) in [5.41, 5.74) is 2.17. The molecule has 3 aromatic carbocycles. The lowest BCUT2D eigenvalue weighted by molar-refractivity contribution is -0.132. The summed E-state index contributed by atoms with van der Waals surface area (Å²) >= 11 is 6.40. The highest BCUT2D eigenvalue weighted by Crippen LogP contribution is 2.43. The van der Waals surface area contributed by atoms with Crippen molar-refractivity contribution in [2.45, 2.75) is 33.2 Å². The number of ketones is 1. The summed E-state index contributed by atoms with van der Waals surface area (Å²) in [4.78, 5) is 39.5. The Kier molecular flexibility index (Phi) is 7.64. The first-order chi connectivity index (χ1) is 17.7. The Labute approximate surface area is 219 Å². The SMILES string of the molecule is CCOc1ccc(Cl)c(/C(O)=C2\C(=O)C(=O)N(c3ccc(CC)cc3)C2c2ccc(OC(C)=O)cc2)c1. The highest BCUT2D eigenvalue weighted by molar-refractivity contribution is 6.52.